The second-order valence-electron chi connectivity index (χ2n) is 6.49. The summed E-state index contributed by atoms with van der Waals surface area (Å²) in [7, 11) is 0. The van der Waals surface area contributed by atoms with E-state index in [0.717, 1.165) is 28.9 Å². The third-order valence-electron chi connectivity index (χ3n) is 4.67. The van der Waals surface area contributed by atoms with Crippen molar-refractivity contribution in [1.29, 1.82) is 0 Å². The van der Waals surface area contributed by atoms with Crippen molar-refractivity contribution in [2.24, 2.45) is 0 Å². The Morgan fingerprint density at radius 2 is 1.91 bits per heavy atom. The van der Waals surface area contributed by atoms with E-state index in [4.69, 9.17) is 0 Å². The van der Waals surface area contributed by atoms with Crippen molar-refractivity contribution < 1.29 is 4.79 Å². The quantitative estimate of drug-likeness (QED) is 0.888. The van der Waals surface area contributed by atoms with Crippen LogP contribution >= 0.6 is 0 Å². The van der Waals surface area contributed by atoms with Crippen LogP contribution in [0.15, 0.2) is 36.4 Å². The SMILES string of the molecule is CCC1CN(C(=O)c2cccc(C)c2)c2cc(C)c(C)cc2N1. The zero-order valence-corrected chi connectivity index (χ0v) is 14.3. The molecular formula is C20H24N2O. The Kier molecular flexibility index (Phi) is 4.12. The topological polar surface area (TPSA) is 32.3 Å². The Hall–Kier alpha value is -2.29. The summed E-state index contributed by atoms with van der Waals surface area (Å²) in [5.74, 6) is 0.0816. The first-order valence-electron chi connectivity index (χ1n) is 8.26. The minimum Gasteiger partial charge on any atom is -0.379 e. The van der Waals surface area contributed by atoms with Crippen LogP contribution in [0.1, 0.15) is 40.4 Å². The number of aryl methyl sites for hydroxylation is 3. The van der Waals surface area contributed by atoms with Crippen molar-refractivity contribution in [2.75, 3.05) is 16.8 Å². The smallest absolute Gasteiger partial charge is 0.258 e. The van der Waals surface area contributed by atoms with Gasteiger partial charge in [0, 0.05) is 18.2 Å². The van der Waals surface area contributed by atoms with Gasteiger partial charge in [-0.2, -0.15) is 0 Å². The van der Waals surface area contributed by atoms with Gasteiger partial charge in [-0.3, -0.25) is 4.79 Å². The molecule has 1 amide bonds. The third-order valence-corrected chi connectivity index (χ3v) is 4.67. The van der Waals surface area contributed by atoms with Crippen molar-refractivity contribution >= 4 is 17.3 Å². The Morgan fingerprint density at radius 3 is 2.61 bits per heavy atom. The first-order valence-corrected chi connectivity index (χ1v) is 8.26. The number of rotatable bonds is 2. The van der Waals surface area contributed by atoms with E-state index in [2.05, 4.69) is 38.2 Å². The Labute approximate surface area is 138 Å². The molecule has 120 valence electrons. The van der Waals surface area contributed by atoms with Gasteiger partial charge in [0.1, 0.15) is 0 Å². The molecule has 0 aromatic heterocycles. The molecule has 2 aromatic rings. The van der Waals surface area contributed by atoms with Gasteiger partial charge >= 0.3 is 0 Å². The number of anilines is 2. The monoisotopic (exact) mass is 308 g/mol. The van der Waals surface area contributed by atoms with Gasteiger partial charge in [0.15, 0.2) is 0 Å². The Morgan fingerprint density at radius 1 is 1.17 bits per heavy atom. The lowest BCUT2D eigenvalue weighted by Gasteiger charge is -2.36. The molecule has 3 heteroatoms. The van der Waals surface area contributed by atoms with E-state index in [0.29, 0.717) is 12.6 Å². The highest BCUT2D eigenvalue weighted by Gasteiger charge is 2.28. The van der Waals surface area contributed by atoms with Gasteiger partial charge in [0.2, 0.25) is 0 Å². The molecule has 1 N–H and O–H groups in total. The fraction of sp³-hybridized carbons (Fsp3) is 0.350. The van der Waals surface area contributed by atoms with Gasteiger partial charge in [-0.05, 0) is 62.6 Å². The second-order valence-corrected chi connectivity index (χ2v) is 6.49. The van der Waals surface area contributed by atoms with Crippen LogP contribution in [0.5, 0.6) is 0 Å². The number of hydrogen-bond acceptors (Lipinski definition) is 2. The van der Waals surface area contributed by atoms with Crippen LogP contribution in [0.25, 0.3) is 0 Å². The van der Waals surface area contributed by atoms with E-state index in [-0.39, 0.29) is 5.91 Å². The van der Waals surface area contributed by atoms with Crippen LogP contribution in [-0.2, 0) is 0 Å². The lowest BCUT2D eigenvalue weighted by atomic mass is 10.0. The molecular weight excluding hydrogens is 284 g/mol. The number of fused-ring (bicyclic) bond motifs is 1. The standard InChI is InChI=1S/C20H24N2O/c1-5-17-12-22(20(23)16-8-6-7-13(2)9-16)19-11-15(4)14(3)10-18(19)21-17/h6-11,17,21H,5,12H2,1-4H3. The lowest BCUT2D eigenvalue weighted by molar-refractivity contribution is 0.0984. The molecule has 0 spiro atoms. The number of nitrogens with zero attached hydrogens (tertiary/aromatic N) is 1. The van der Waals surface area contributed by atoms with Gasteiger partial charge in [0.25, 0.3) is 5.91 Å². The largest absolute Gasteiger partial charge is 0.379 e. The van der Waals surface area contributed by atoms with Crippen LogP contribution in [0, 0.1) is 20.8 Å². The van der Waals surface area contributed by atoms with Crippen molar-refractivity contribution in [3.05, 3.63) is 58.7 Å². The minimum atomic E-state index is 0.0816. The highest BCUT2D eigenvalue weighted by Crippen LogP contribution is 2.35. The molecule has 0 saturated carbocycles. The number of benzene rings is 2. The highest BCUT2D eigenvalue weighted by atomic mass is 16.2. The van der Waals surface area contributed by atoms with Gasteiger partial charge in [0.05, 0.1) is 11.4 Å². The number of hydrogen-bond donors (Lipinski definition) is 1. The van der Waals surface area contributed by atoms with E-state index in [1.165, 1.54) is 11.1 Å². The van der Waals surface area contributed by atoms with Crippen LogP contribution in [-0.4, -0.2) is 18.5 Å². The first-order chi connectivity index (χ1) is 11.0. The predicted octanol–water partition coefficient (Wildman–Crippen LogP) is 4.46. The maximum Gasteiger partial charge on any atom is 0.258 e. The molecule has 0 bridgehead atoms. The molecule has 1 aliphatic rings. The predicted molar refractivity (Wildman–Crippen MR) is 96.5 cm³/mol. The zero-order valence-electron chi connectivity index (χ0n) is 14.3. The number of nitrogens with one attached hydrogen (secondary N) is 1. The van der Waals surface area contributed by atoms with Crippen molar-refractivity contribution in [3.63, 3.8) is 0 Å². The van der Waals surface area contributed by atoms with E-state index in [1.54, 1.807) is 0 Å². The Bertz CT molecular complexity index is 751. The third kappa shape index (κ3) is 2.96. The number of carbonyl (C=O) groups excluding carboxylic acids is 1. The van der Waals surface area contributed by atoms with Gasteiger partial charge < -0.3 is 10.2 Å². The zero-order chi connectivity index (χ0) is 16.6. The summed E-state index contributed by atoms with van der Waals surface area (Å²) in [5.41, 5.74) is 6.37. The van der Waals surface area contributed by atoms with Crippen molar-refractivity contribution in [2.45, 2.75) is 40.2 Å². The van der Waals surface area contributed by atoms with E-state index in [1.807, 2.05) is 36.1 Å². The molecule has 1 atom stereocenters. The van der Waals surface area contributed by atoms with E-state index >= 15 is 0 Å². The van der Waals surface area contributed by atoms with Crippen LogP contribution in [0.3, 0.4) is 0 Å². The van der Waals surface area contributed by atoms with Gasteiger partial charge in [-0.15, -0.1) is 0 Å². The summed E-state index contributed by atoms with van der Waals surface area (Å²) in [6.07, 6.45) is 0.990. The average Bonchev–Trinajstić information content (AvgIpc) is 2.54. The van der Waals surface area contributed by atoms with E-state index in [9.17, 15) is 4.79 Å². The van der Waals surface area contributed by atoms with Crippen LogP contribution in [0.2, 0.25) is 0 Å². The molecule has 1 aliphatic heterocycles. The van der Waals surface area contributed by atoms with Gasteiger partial charge in [-0.25, -0.2) is 0 Å². The molecule has 0 saturated heterocycles. The van der Waals surface area contributed by atoms with Gasteiger partial charge in [-0.1, -0.05) is 24.6 Å². The second kappa shape index (κ2) is 6.07. The molecule has 0 radical (unpaired) electrons. The van der Waals surface area contributed by atoms with Crippen molar-refractivity contribution in [3.8, 4) is 0 Å². The molecule has 1 heterocycles. The molecule has 0 fully saturated rings. The molecule has 3 rings (SSSR count). The summed E-state index contributed by atoms with van der Waals surface area (Å²) in [5, 5.41) is 3.57. The van der Waals surface area contributed by atoms with E-state index < -0.39 is 0 Å². The lowest BCUT2D eigenvalue weighted by Crippen LogP contribution is -2.44. The normalized spacial score (nSPS) is 16.7. The first kappa shape index (κ1) is 15.6. The molecule has 0 aliphatic carbocycles. The summed E-state index contributed by atoms with van der Waals surface area (Å²) >= 11 is 0. The maximum absolute atomic E-state index is 13.1. The maximum atomic E-state index is 13.1. The molecule has 3 nitrogen and oxygen atoms in total. The molecule has 23 heavy (non-hydrogen) atoms. The summed E-state index contributed by atoms with van der Waals surface area (Å²) in [6, 6.07) is 12.4. The Balaban J connectivity index is 2.05. The fourth-order valence-electron chi connectivity index (χ4n) is 3.08. The summed E-state index contributed by atoms with van der Waals surface area (Å²) < 4.78 is 0. The van der Waals surface area contributed by atoms with Crippen LogP contribution < -0.4 is 10.2 Å². The number of carbonyl (C=O) groups is 1. The average molecular weight is 308 g/mol. The number of amides is 1. The minimum absolute atomic E-state index is 0.0816. The highest BCUT2D eigenvalue weighted by molar-refractivity contribution is 6.08. The summed E-state index contributed by atoms with van der Waals surface area (Å²) in [6.45, 7) is 9.08. The molecule has 2 aromatic carbocycles. The summed E-state index contributed by atoms with van der Waals surface area (Å²) in [4.78, 5) is 15.0. The van der Waals surface area contributed by atoms with Crippen LogP contribution in [0.4, 0.5) is 11.4 Å². The van der Waals surface area contributed by atoms with Crippen molar-refractivity contribution in [1.82, 2.24) is 0 Å². The fourth-order valence-corrected chi connectivity index (χ4v) is 3.08. The molecule has 1 unspecified atom stereocenters.